The molecule has 1 aromatic heterocycles. The highest BCUT2D eigenvalue weighted by Crippen LogP contribution is 2.28. The highest BCUT2D eigenvalue weighted by molar-refractivity contribution is 5.97. The van der Waals surface area contributed by atoms with E-state index < -0.39 is 29.1 Å². The van der Waals surface area contributed by atoms with Gasteiger partial charge in [0.05, 0.1) is 12.2 Å². The SMILES string of the molecule is CNC(=O)[C@@H](NC(=O)c1nc(-c2ccccc2)n2c1CN(OC(=O)OC(C)(C)C)CCC2)C(C)(C)C. The summed E-state index contributed by atoms with van der Waals surface area (Å²) < 4.78 is 7.28. The number of hydroxylamine groups is 2. The van der Waals surface area contributed by atoms with E-state index >= 15 is 0 Å². The molecule has 10 heteroatoms. The van der Waals surface area contributed by atoms with Crippen LogP contribution in [0.5, 0.6) is 0 Å². The second kappa shape index (κ2) is 10.7. The van der Waals surface area contributed by atoms with E-state index in [2.05, 4.69) is 10.6 Å². The molecule has 0 unspecified atom stereocenters. The predicted octanol–water partition coefficient (Wildman–Crippen LogP) is 3.51. The summed E-state index contributed by atoms with van der Waals surface area (Å²) in [4.78, 5) is 48.6. The molecule has 0 radical (unpaired) electrons. The number of ether oxygens (including phenoxy) is 1. The summed E-state index contributed by atoms with van der Waals surface area (Å²) in [5.74, 6) is -0.120. The number of benzene rings is 1. The Bertz CT molecular complexity index is 1100. The van der Waals surface area contributed by atoms with Gasteiger partial charge in [0.15, 0.2) is 5.69 Å². The molecule has 10 nitrogen and oxygen atoms in total. The van der Waals surface area contributed by atoms with Gasteiger partial charge in [-0.25, -0.2) is 9.78 Å². The number of aromatic nitrogens is 2. The Labute approximate surface area is 212 Å². The quantitative estimate of drug-likeness (QED) is 0.605. The molecule has 2 aromatic rings. The first-order valence-electron chi connectivity index (χ1n) is 12.1. The number of nitrogens with one attached hydrogen (secondary N) is 2. The maximum atomic E-state index is 13.5. The fourth-order valence-electron chi connectivity index (χ4n) is 4.00. The highest BCUT2D eigenvalue weighted by Gasteiger charge is 2.35. The molecule has 1 aliphatic rings. The number of hydrogen-bond donors (Lipinski definition) is 2. The first-order valence-corrected chi connectivity index (χ1v) is 12.1. The van der Waals surface area contributed by atoms with Gasteiger partial charge in [-0.2, -0.15) is 0 Å². The van der Waals surface area contributed by atoms with E-state index in [0.717, 1.165) is 5.56 Å². The van der Waals surface area contributed by atoms with Crippen molar-refractivity contribution in [2.45, 2.75) is 72.7 Å². The molecule has 2 N–H and O–H groups in total. The van der Waals surface area contributed by atoms with Crippen molar-refractivity contribution in [3.8, 4) is 11.4 Å². The van der Waals surface area contributed by atoms with Crippen molar-refractivity contribution < 1.29 is 24.0 Å². The van der Waals surface area contributed by atoms with Crippen LogP contribution in [-0.4, -0.2) is 57.8 Å². The smallest absolute Gasteiger partial charge is 0.427 e. The van der Waals surface area contributed by atoms with Crippen LogP contribution in [0.3, 0.4) is 0 Å². The van der Waals surface area contributed by atoms with Crippen LogP contribution in [0.2, 0.25) is 0 Å². The zero-order chi connectivity index (χ0) is 26.7. The number of fused-ring (bicyclic) bond motifs is 1. The molecule has 1 aliphatic heterocycles. The predicted molar refractivity (Wildman–Crippen MR) is 135 cm³/mol. The molecule has 0 saturated heterocycles. The number of amides is 2. The molecule has 36 heavy (non-hydrogen) atoms. The van der Waals surface area contributed by atoms with Crippen molar-refractivity contribution in [1.82, 2.24) is 25.2 Å². The average molecular weight is 500 g/mol. The summed E-state index contributed by atoms with van der Waals surface area (Å²) in [6, 6.07) is 8.82. The molecule has 0 bridgehead atoms. The van der Waals surface area contributed by atoms with Gasteiger partial charge in [-0.05, 0) is 32.6 Å². The minimum absolute atomic E-state index is 0.141. The molecular weight excluding hydrogens is 462 g/mol. The normalized spacial score (nSPS) is 15.3. The summed E-state index contributed by atoms with van der Waals surface area (Å²) in [6.45, 7) is 12.1. The van der Waals surface area contributed by atoms with Gasteiger partial charge in [0.1, 0.15) is 17.5 Å². The third-order valence-corrected chi connectivity index (χ3v) is 5.68. The van der Waals surface area contributed by atoms with Crippen LogP contribution in [0, 0.1) is 5.41 Å². The van der Waals surface area contributed by atoms with Gasteiger partial charge in [0.2, 0.25) is 5.91 Å². The highest BCUT2D eigenvalue weighted by atomic mass is 16.8. The molecular formula is C26H37N5O5. The summed E-state index contributed by atoms with van der Waals surface area (Å²) in [7, 11) is 1.54. The summed E-state index contributed by atoms with van der Waals surface area (Å²) in [6.07, 6.45) is -0.146. The lowest BCUT2D eigenvalue weighted by atomic mass is 9.86. The van der Waals surface area contributed by atoms with Crippen LogP contribution in [0.15, 0.2) is 30.3 Å². The summed E-state index contributed by atoms with van der Waals surface area (Å²) in [5.41, 5.74) is 0.417. The lowest BCUT2D eigenvalue weighted by molar-refractivity contribution is -0.148. The van der Waals surface area contributed by atoms with Crippen molar-refractivity contribution >= 4 is 18.0 Å². The second-order valence-electron chi connectivity index (χ2n) is 10.9. The van der Waals surface area contributed by atoms with Gasteiger partial charge in [-0.3, -0.25) is 9.59 Å². The topological polar surface area (TPSA) is 115 Å². The first kappa shape index (κ1) is 27.2. The van der Waals surface area contributed by atoms with Crippen LogP contribution in [-0.2, 0) is 27.5 Å². The third kappa shape index (κ3) is 6.63. The van der Waals surface area contributed by atoms with Gasteiger partial charge >= 0.3 is 6.16 Å². The maximum absolute atomic E-state index is 13.5. The molecule has 2 heterocycles. The molecule has 3 rings (SSSR count). The molecule has 0 spiro atoms. The fraction of sp³-hybridized carbons (Fsp3) is 0.538. The van der Waals surface area contributed by atoms with Crippen LogP contribution < -0.4 is 10.6 Å². The second-order valence-corrected chi connectivity index (χ2v) is 10.9. The van der Waals surface area contributed by atoms with Crippen LogP contribution in [0.25, 0.3) is 11.4 Å². The lowest BCUT2D eigenvalue weighted by Crippen LogP contribution is -2.53. The number of carbonyl (C=O) groups excluding carboxylic acids is 3. The van der Waals surface area contributed by atoms with E-state index in [1.54, 1.807) is 20.8 Å². The Hall–Kier alpha value is -3.40. The first-order chi connectivity index (χ1) is 16.8. The van der Waals surface area contributed by atoms with Crippen LogP contribution in [0.1, 0.15) is 64.1 Å². The Balaban J connectivity index is 1.99. The van der Waals surface area contributed by atoms with Crippen molar-refractivity contribution in [3.63, 3.8) is 0 Å². The lowest BCUT2D eigenvalue weighted by Gasteiger charge is -2.29. The number of rotatable bonds is 5. The van der Waals surface area contributed by atoms with Gasteiger partial charge in [0, 0.05) is 25.7 Å². The van der Waals surface area contributed by atoms with Crippen molar-refractivity contribution in [1.29, 1.82) is 0 Å². The van der Waals surface area contributed by atoms with E-state index in [-0.39, 0.29) is 18.1 Å². The summed E-state index contributed by atoms with van der Waals surface area (Å²) in [5, 5.41) is 6.97. The standard InChI is InChI=1S/C26H37N5O5/c1-25(2,3)20(23(33)27-7)29-22(32)19-18-16-30(36-24(34)35-26(4,5)6)14-11-15-31(18)21(28-19)17-12-9-8-10-13-17/h8-10,12-13,20H,11,14-16H2,1-7H3,(H,27,33)(H,29,32)/t20-/m1/s1. The number of nitrogens with zero attached hydrogens (tertiary/aromatic N) is 3. The van der Waals surface area contributed by atoms with Gasteiger partial charge < -0.3 is 24.8 Å². The molecule has 0 fully saturated rings. The Morgan fingerprint density at radius 1 is 1.03 bits per heavy atom. The number of hydrogen-bond acceptors (Lipinski definition) is 7. The fourth-order valence-corrected chi connectivity index (χ4v) is 4.00. The van der Waals surface area contributed by atoms with E-state index in [9.17, 15) is 14.4 Å². The molecule has 1 atom stereocenters. The summed E-state index contributed by atoms with van der Waals surface area (Å²) >= 11 is 0. The Kier molecular flexibility index (Phi) is 8.08. The maximum Gasteiger partial charge on any atom is 0.528 e. The minimum atomic E-state index is -0.808. The minimum Gasteiger partial charge on any atom is -0.427 e. The Morgan fingerprint density at radius 2 is 1.69 bits per heavy atom. The van der Waals surface area contributed by atoms with Crippen molar-refractivity contribution in [2.75, 3.05) is 13.6 Å². The van der Waals surface area contributed by atoms with Crippen LogP contribution >= 0.6 is 0 Å². The zero-order valence-corrected chi connectivity index (χ0v) is 22.2. The van der Waals surface area contributed by atoms with Gasteiger partial charge in [-0.15, -0.1) is 5.06 Å². The van der Waals surface area contributed by atoms with E-state index in [1.807, 2.05) is 55.7 Å². The van der Waals surface area contributed by atoms with Crippen molar-refractivity contribution in [2.24, 2.45) is 5.41 Å². The van der Waals surface area contributed by atoms with Gasteiger partial charge in [0.25, 0.3) is 5.91 Å². The largest absolute Gasteiger partial charge is 0.528 e. The number of carbonyl (C=O) groups is 3. The van der Waals surface area contributed by atoms with E-state index in [4.69, 9.17) is 14.6 Å². The number of imidazole rings is 1. The average Bonchev–Trinajstić information content (AvgIpc) is 3.00. The van der Waals surface area contributed by atoms with Gasteiger partial charge in [-0.1, -0.05) is 51.1 Å². The monoisotopic (exact) mass is 499 g/mol. The van der Waals surface area contributed by atoms with E-state index in [1.165, 1.54) is 12.1 Å². The molecule has 2 amide bonds. The molecule has 0 saturated carbocycles. The van der Waals surface area contributed by atoms with Crippen LogP contribution in [0.4, 0.5) is 4.79 Å². The molecule has 1 aromatic carbocycles. The van der Waals surface area contributed by atoms with E-state index in [0.29, 0.717) is 31.0 Å². The zero-order valence-electron chi connectivity index (χ0n) is 22.2. The Morgan fingerprint density at radius 3 is 2.28 bits per heavy atom. The third-order valence-electron chi connectivity index (χ3n) is 5.68. The molecule has 196 valence electrons. The molecule has 0 aliphatic carbocycles. The number of likely N-dealkylation sites (N-methyl/N-ethyl adjacent to an activating group) is 1. The van der Waals surface area contributed by atoms with Crippen molar-refractivity contribution in [3.05, 3.63) is 41.7 Å².